The fourth-order valence-corrected chi connectivity index (χ4v) is 1.34. The van der Waals surface area contributed by atoms with Crippen LogP contribution in [-0.4, -0.2) is 21.9 Å². The first-order valence-corrected chi connectivity index (χ1v) is 5.08. The number of anilines is 1. The van der Waals surface area contributed by atoms with Crippen molar-refractivity contribution >= 4 is 17.4 Å². The van der Waals surface area contributed by atoms with Crippen LogP contribution < -0.4 is 11.1 Å². The highest BCUT2D eigenvalue weighted by Crippen LogP contribution is 2.16. The zero-order chi connectivity index (χ0) is 13.0. The number of rotatable bonds is 5. The Labute approximate surface area is 98.2 Å². The Morgan fingerprint density at radius 3 is 2.71 bits per heavy atom. The number of hydrogen-bond acceptors (Lipinski definition) is 5. The maximum atomic E-state index is 11.2. The molecule has 1 atom stereocenters. The Bertz CT molecular complexity index is 433. The first-order chi connectivity index (χ1) is 7.91. The number of carbonyl (C=O) groups excluding carboxylic acids is 1. The van der Waals surface area contributed by atoms with Crippen LogP contribution in [0.5, 0.6) is 0 Å². The Balaban J connectivity index is 2.90. The third kappa shape index (κ3) is 3.40. The minimum absolute atomic E-state index is 0.0337. The lowest BCUT2D eigenvalue weighted by Crippen LogP contribution is -2.39. The number of pyridine rings is 1. The van der Waals surface area contributed by atoms with Crippen LogP contribution in [0.4, 0.5) is 11.5 Å². The van der Waals surface area contributed by atoms with E-state index in [1.54, 1.807) is 0 Å². The summed E-state index contributed by atoms with van der Waals surface area (Å²) in [7, 11) is 0. The van der Waals surface area contributed by atoms with Gasteiger partial charge in [0, 0.05) is 12.3 Å². The molecule has 17 heavy (non-hydrogen) atoms. The molecule has 1 aromatic rings. The van der Waals surface area contributed by atoms with E-state index < -0.39 is 16.9 Å². The van der Waals surface area contributed by atoms with Crippen LogP contribution in [0.15, 0.2) is 18.3 Å². The van der Waals surface area contributed by atoms with E-state index in [1.807, 2.05) is 13.8 Å². The van der Waals surface area contributed by atoms with Crippen LogP contribution in [0.25, 0.3) is 0 Å². The molecule has 0 aliphatic rings. The van der Waals surface area contributed by atoms with Gasteiger partial charge in [0.25, 0.3) is 5.69 Å². The Hall–Kier alpha value is -2.18. The van der Waals surface area contributed by atoms with E-state index in [0.717, 1.165) is 0 Å². The molecule has 0 fully saturated rings. The molecule has 1 aromatic heterocycles. The third-order valence-electron chi connectivity index (χ3n) is 2.23. The number of nitrogens with two attached hydrogens (primary N) is 1. The quantitative estimate of drug-likeness (QED) is 0.585. The average molecular weight is 238 g/mol. The highest BCUT2D eigenvalue weighted by atomic mass is 16.6. The standard InChI is InChI=1S/C10H14N4O3/c1-6(2)9(10(11)15)13-8-5-7(14(16)17)3-4-12-8/h3-6,9H,1-2H3,(H2,11,15)(H,12,13). The second-order valence-electron chi connectivity index (χ2n) is 3.92. The lowest BCUT2D eigenvalue weighted by Gasteiger charge is -2.19. The molecule has 1 unspecified atom stereocenters. The number of carbonyl (C=O) groups is 1. The van der Waals surface area contributed by atoms with Gasteiger partial charge in [0.15, 0.2) is 0 Å². The lowest BCUT2D eigenvalue weighted by atomic mass is 10.0. The normalized spacial score (nSPS) is 12.2. The van der Waals surface area contributed by atoms with Crippen LogP contribution >= 0.6 is 0 Å². The van der Waals surface area contributed by atoms with Crippen molar-refractivity contribution < 1.29 is 9.72 Å². The van der Waals surface area contributed by atoms with Gasteiger partial charge in [-0.25, -0.2) is 4.98 Å². The molecule has 0 aliphatic heterocycles. The molecule has 3 N–H and O–H groups in total. The summed E-state index contributed by atoms with van der Waals surface area (Å²) in [6.07, 6.45) is 1.30. The smallest absolute Gasteiger partial charge is 0.274 e. The summed E-state index contributed by atoms with van der Waals surface area (Å²) in [5.41, 5.74) is 5.13. The number of nitrogens with one attached hydrogen (secondary N) is 1. The first kappa shape index (κ1) is 12.9. The summed E-state index contributed by atoms with van der Waals surface area (Å²) in [5.74, 6) is -0.293. The minimum Gasteiger partial charge on any atom is -0.368 e. The maximum absolute atomic E-state index is 11.2. The van der Waals surface area contributed by atoms with Crippen LogP contribution in [-0.2, 0) is 4.79 Å². The average Bonchev–Trinajstić information content (AvgIpc) is 2.25. The van der Waals surface area contributed by atoms with Gasteiger partial charge < -0.3 is 11.1 Å². The van der Waals surface area contributed by atoms with E-state index in [4.69, 9.17) is 5.73 Å². The van der Waals surface area contributed by atoms with Crippen molar-refractivity contribution in [1.82, 2.24) is 4.98 Å². The highest BCUT2D eigenvalue weighted by molar-refractivity contribution is 5.83. The van der Waals surface area contributed by atoms with Gasteiger partial charge in [-0.05, 0) is 5.92 Å². The molecule has 1 amide bonds. The molecule has 0 bridgehead atoms. The number of primary amides is 1. The van der Waals surface area contributed by atoms with Gasteiger partial charge in [-0.2, -0.15) is 0 Å². The summed E-state index contributed by atoms with van der Waals surface area (Å²) >= 11 is 0. The van der Waals surface area contributed by atoms with Crippen molar-refractivity contribution in [3.8, 4) is 0 Å². The van der Waals surface area contributed by atoms with Crippen molar-refractivity contribution in [3.05, 3.63) is 28.4 Å². The van der Waals surface area contributed by atoms with E-state index in [9.17, 15) is 14.9 Å². The molecule has 1 heterocycles. The van der Waals surface area contributed by atoms with Crippen molar-refractivity contribution in [2.24, 2.45) is 11.7 Å². The molecule has 7 heteroatoms. The Kier molecular flexibility index (Phi) is 3.97. The van der Waals surface area contributed by atoms with Gasteiger partial charge >= 0.3 is 0 Å². The molecule has 0 radical (unpaired) electrons. The molecule has 7 nitrogen and oxygen atoms in total. The van der Waals surface area contributed by atoms with Crippen molar-refractivity contribution in [1.29, 1.82) is 0 Å². The minimum atomic E-state index is -0.607. The number of aromatic nitrogens is 1. The maximum Gasteiger partial charge on any atom is 0.274 e. The lowest BCUT2D eigenvalue weighted by molar-refractivity contribution is -0.384. The zero-order valence-electron chi connectivity index (χ0n) is 9.58. The van der Waals surface area contributed by atoms with Gasteiger partial charge in [0.2, 0.25) is 5.91 Å². The van der Waals surface area contributed by atoms with Crippen LogP contribution in [0.3, 0.4) is 0 Å². The largest absolute Gasteiger partial charge is 0.368 e. The number of hydrogen-bond donors (Lipinski definition) is 2. The molecule has 0 saturated heterocycles. The van der Waals surface area contributed by atoms with Crippen LogP contribution in [0.2, 0.25) is 0 Å². The van der Waals surface area contributed by atoms with Gasteiger partial charge in [0.05, 0.1) is 11.0 Å². The highest BCUT2D eigenvalue weighted by Gasteiger charge is 2.20. The van der Waals surface area contributed by atoms with Gasteiger partial charge in [0.1, 0.15) is 11.9 Å². The monoisotopic (exact) mass is 238 g/mol. The third-order valence-corrected chi connectivity index (χ3v) is 2.23. The second kappa shape index (κ2) is 5.24. The predicted octanol–water partition coefficient (Wildman–Crippen LogP) is 0.912. The topological polar surface area (TPSA) is 111 Å². The van der Waals surface area contributed by atoms with Crippen molar-refractivity contribution in [2.75, 3.05) is 5.32 Å². The first-order valence-electron chi connectivity index (χ1n) is 5.08. The van der Waals surface area contributed by atoms with Crippen LogP contribution in [0, 0.1) is 16.0 Å². The number of nitro groups is 1. The van der Waals surface area contributed by atoms with Crippen molar-refractivity contribution in [2.45, 2.75) is 19.9 Å². The summed E-state index contributed by atoms with van der Waals surface area (Å²) in [6, 6.07) is 1.93. The molecule has 92 valence electrons. The fraction of sp³-hybridized carbons (Fsp3) is 0.400. The second-order valence-corrected chi connectivity index (χ2v) is 3.92. The molecule has 0 aromatic carbocycles. The van der Waals surface area contributed by atoms with Crippen LogP contribution in [0.1, 0.15) is 13.8 Å². The summed E-state index contributed by atoms with van der Waals surface area (Å²) in [4.78, 5) is 25.1. The van der Waals surface area contributed by atoms with Gasteiger partial charge in [-0.1, -0.05) is 13.8 Å². The number of amides is 1. The molecule has 0 saturated carbocycles. The Morgan fingerprint density at radius 1 is 1.59 bits per heavy atom. The van der Waals surface area contributed by atoms with Crippen molar-refractivity contribution in [3.63, 3.8) is 0 Å². The summed E-state index contributed by atoms with van der Waals surface area (Å²) in [5, 5.41) is 13.3. The van der Waals surface area contributed by atoms with E-state index >= 15 is 0 Å². The number of nitrogens with zero attached hydrogens (tertiary/aromatic N) is 2. The Morgan fingerprint density at radius 2 is 2.24 bits per heavy atom. The van der Waals surface area contributed by atoms with E-state index in [1.165, 1.54) is 18.3 Å². The van der Waals surface area contributed by atoms with E-state index in [0.29, 0.717) is 0 Å². The molecule has 0 aliphatic carbocycles. The SMILES string of the molecule is CC(C)C(Nc1cc([N+](=O)[O-])ccn1)C(N)=O. The zero-order valence-corrected chi connectivity index (χ0v) is 9.58. The predicted molar refractivity (Wildman–Crippen MR) is 62.3 cm³/mol. The summed E-state index contributed by atoms with van der Waals surface area (Å²) < 4.78 is 0. The van der Waals surface area contributed by atoms with Gasteiger partial charge in [-0.3, -0.25) is 14.9 Å². The molecule has 0 spiro atoms. The van der Waals surface area contributed by atoms with E-state index in [-0.39, 0.29) is 17.4 Å². The summed E-state index contributed by atoms with van der Waals surface area (Å²) in [6.45, 7) is 3.64. The van der Waals surface area contributed by atoms with E-state index in [2.05, 4.69) is 10.3 Å². The molecule has 1 rings (SSSR count). The fourth-order valence-electron chi connectivity index (χ4n) is 1.34. The molecular formula is C10H14N4O3. The molecular weight excluding hydrogens is 224 g/mol. The van der Waals surface area contributed by atoms with Gasteiger partial charge in [-0.15, -0.1) is 0 Å².